The van der Waals surface area contributed by atoms with Crippen LogP contribution in [0.5, 0.6) is 0 Å². The Morgan fingerprint density at radius 1 is 1.15 bits per heavy atom. The van der Waals surface area contributed by atoms with Crippen LogP contribution >= 0.6 is 0 Å². The standard InChI is InChI=1S/C20H28FN3O2/c1-20(2,3)18(25)22-15-11-16-8-5-9-17(12-15)24(16)19(26)23-14-7-4-6-13(21)10-14/h4,6-7,10,15-17H,5,8-9,11-12H2,1-3H3,(H,22,25)(H,23,26)/t16-,17-/m0/s1. The molecule has 142 valence electrons. The lowest BCUT2D eigenvalue weighted by molar-refractivity contribution is -0.129. The second-order valence-corrected chi connectivity index (χ2v) is 8.48. The summed E-state index contributed by atoms with van der Waals surface area (Å²) in [4.78, 5) is 27.0. The Balaban J connectivity index is 1.67. The molecule has 0 saturated carbocycles. The van der Waals surface area contributed by atoms with Crippen LogP contribution in [0, 0.1) is 11.2 Å². The highest BCUT2D eigenvalue weighted by molar-refractivity contribution is 5.90. The van der Waals surface area contributed by atoms with Gasteiger partial charge in [-0.25, -0.2) is 9.18 Å². The first-order chi connectivity index (χ1) is 12.2. The van der Waals surface area contributed by atoms with Gasteiger partial charge in [0.25, 0.3) is 0 Å². The van der Waals surface area contributed by atoms with E-state index in [4.69, 9.17) is 0 Å². The predicted molar refractivity (Wildman–Crippen MR) is 99.3 cm³/mol. The summed E-state index contributed by atoms with van der Waals surface area (Å²) in [5.41, 5.74) is 0.0531. The van der Waals surface area contributed by atoms with Crippen LogP contribution in [0.2, 0.25) is 0 Å². The summed E-state index contributed by atoms with van der Waals surface area (Å²) in [7, 11) is 0. The van der Waals surface area contributed by atoms with Crippen LogP contribution in [0.4, 0.5) is 14.9 Å². The van der Waals surface area contributed by atoms with E-state index in [2.05, 4.69) is 10.6 Å². The number of rotatable bonds is 2. The molecule has 0 aliphatic carbocycles. The fraction of sp³-hybridized carbons (Fsp3) is 0.600. The minimum absolute atomic E-state index is 0.0539. The zero-order chi connectivity index (χ0) is 18.9. The molecular formula is C20H28FN3O2. The van der Waals surface area contributed by atoms with Crippen molar-refractivity contribution in [3.05, 3.63) is 30.1 Å². The molecule has 0 radical (unpaired) electrons. The second kappa shape index (κ2) is 7.25. The van der Waals surface area contributed by atoms with E-state index >= 15 is 0 Å². The monoisotopic (exact) mass is 361 g/mol. The maximum Gasteiger partial charge on any atom is 0.322 e. The van der Waals surface area contributed by atoms with Gasteiger partial charge < -0.3 is 15.5 Å². The first-order valence-electron chi connectivity index (χ1n) is 9.40. The number of amides is 3. The SMILES string of the molecule is CC(C)(C)C(=O)NC1C[C@@H]2CCC[C@@H](C1)N2C(=O)Nc1cccc(F)c1. The molecule has 0 spiro atoms. The van der Waals surface area contributed by atoms with E-state index in [1.54, 1.807) is 12.1 Å². The summed E-state index contributed by atoms with van der Waals surface area (Å²) in [5, 5.41) is 5.98. The molecule has 26 heavy (non-hydrogen) atoms. The topological polar surface area (TPSA) is 61.4 Å². The van der Waals surface area contributed by atoms with Crippen molar-refractivity contribution in [3.8, 4) is 0 Å². The lowest BCUT2D eigenvalue weighted by Gasteiger charge is -2.49. The zero-order valence-corrected chi connectivity index (χ0v) is 15.7. The number of hydrogen-bond donors (Lipinski definition) is 2. The fourth-order valence-corrected chi connectivity index (χ4v) is 3.99. The average Bonchev–Trinajstić information content (AvgIpc) is 2.53. The van der Waals surface area contributed by atoms with Gasteiger partial charge in [-0.15, -0.1) is 0 Å². The zero-order valence-electron chi connectivity index (χ0n) is 15.7. The Morgan fingerprint density at radius 3 is 2.38 bits per heavy atom. The lowest BCUT2D eigenvalue weighted by Crippen LogP contribution is -2.60. The van der Waals surface area contributed by atoms with Crippen molar-refractivity contribution in [3.63, 3.8) is 0 Å². The molecule has 1 aromatic carbocycles. The molecule has 3 rings (SSSR count). The molecule has 2 fully saturated rings. The number of urea groups is 1. The van der Waals surface area contributed by atoms with E-state index in [1.807, 2.05) is 25.7 Å². The van der Waals surface area contributed by atoms with Gasteiger partial charge in [-0.05, 0) is 50.3 Å². The van der Waals surface area contributed by atoms with Crippen molar-refractivity contribution < 1.29 is 14.0 Å². The maximum absolute atomic E-state index is 13.4. The first-order valence-corrected chi connectivity index (χ1v) is 9.40. The molecule has 2 bridgehead atoms. The fourth-order valence-electron chi connectivity index (χ4n) is 3.99. The molecule has 1 aromatic rings. The number of benzene rings is 1. The Bertz CT molecular complexity index is 672. The quantitative estimate of drug-likeness (QED) is 0.839. The van der Waals surface area contributed by atoms with Gasteiger partial charge >= 0.3 is 6.03 Å². The molecule has 6 heteroatoms. The van der Waals surface area contributed by atoms with Crippen molar-refractivity contribution in [1.82, 2.24) is 10.2 Å². The van der Waals surface area contributed by atoms with Gasteiger partial charge in [-0.2, -0.15) is 0 Å². The molecule has 2 aliphatic heterocycles. The third-order valence-corrected chi connectivity index (χ3v) is 5.30. The number of anilines is 1. The molecule has 2 aliphatic rings. The highest BCUT2D eigenvalue weighted by atomic mass is 19.1. The number of hydrogen-bond acceptors (Lipinski definition) is 2. The smallest absolute Gasteiger partial charge is 0.322 e. The molecule has 2 atom stereocenters. The van der Waals surface area contributed by atoms with Crippen LogP contribution in [0.15, 0.2) is 24.3 Å². The largest absolute Gasteiger partial charge is 0.353 e. The Hall–Kier alpha value is -2.11. The van der Waals surface area contributed by atoms with Crippen LogP contribution in [0.25, 0.3) is 0 Å². The van der Waals surface area contributed by atoms with E-state index in [0.29, 0.717) is 5.69 Å². The van der Waals surface area contributed by atoms with E-state index in [-0.39, 0.29) is 35.9 Å². The number of halogens is 1. The molecule has 0 aromatic heterocycles. The summed E-state index contributed by atoms with van der Waals surface area (Å²) in [6.07, 6.45) is 4.52. The Labute approximate surface area is 154 Å². The molecular weight excluding hydrogens is 333 g/mol. The minimum Gasteiger partial charge on any atom is -0.353 e. The molecule has 2 heterocycles. The van der Waals surface area contributed by atoms with Gasteiger partial charge in [0.05, 0.1) is 0 Å². The van der Waals surface area contributed by atoms with Gasteiger partial charge in [0, 0.05) is 29.2 Å². The van der Waals surface area contributed by atoms with Gasteiger partial charge in [-0.1, -0.05) is 26.8 Å². The number of nitrogens with one attached hydrogen (secondary N) is 2. The average molecular weight is 361 g/mol. The van der Waals surface area contributed by atoms with E-state index in [0.717, 1.165) is 32.1 Å². The summed E-state index contributed by atoms with van der Waals surface area (Å²) in [6, 6.07) is 6.11. The predicted octanol–water partition coefficient (Wildman–Crippen LogP) is 3.91. The van der Waals surface area contributed by atoms with Crippen LogP contribution in [0.1, 0.15) is 52.9 Å². The number of nitrogens with zero attached hydrogens (tertiary/aromatic N) is 1. The number of carbonyl (C=O) groups excluding carboxylic acids is 2. The van der Waals surface area contributed by atoms with E-state index < -0.39 is 5.41 Å². The van der Waals surface area contributed by atoms with Crippen molar-refractivity contribution in [2.24, 2.45) is 5.41 Å². The molecule has 2 N–H and O–H groups in total. The van der Waals surface area contributed by atoms with Crippen LogP contribution in [0.3, 0.4) is 0 Å². The molecule has 2 saturated heterocycles. The molecule has 5 nitrogen and oxygen atoms in total. The number of piperidine rings is 2. The highest BCUT2D eigenvalue weighted by Gasteiger charge is 2.41. The molecule has 0 unspecified atom stereocenters. The maximum atomic E-state index is 13.4. The molecule has 3 amide bonds. The normalized spacial score (nSPS) is 25.5. The third kappa shape index (κ3) is 4.17. The second-order valence-electron chi connectivity index (χ2n) is 8.48. The summed E-state index contributed by atoms with van der Waals surface area (Å²) >= 11 is 0. The van der Waals surface area contributed by atoms with Crippen LogP contribution in [-0.2, 0) is 4.79 Å². The Kier molecular flexibility index (Phi) is 5.21. The first kappa shape index (κ1) is 18.7. The van der Waals surface area contributed by atoms with Crippen molar-refractivity contribution in [2.75, 3.05) is 5.32 Å². The number of fused-ring (bicyclic) bond motifs is 2. The minimum atomic E-state index is -0.416. The van der Waals surface area contributed by atoms with Crippen molar-refractivity contribution >= 4 is 17.6 Å². The summed E-state index contributed by atoms with van der Waals surface area (Å²) in [6.45, 7) is 5.72. The summed E-state index contributed by atoms with van der Waals surface area (Å²) < 4.78 is 13.4. The van der Waals surface area contributed by atoms with E-state index in [1.165, 1.54) is 12.1 Å². The van der Waals surface area contributed by atoms with Gasteiger partial charge in [0.15, 0.2) is 0 Å². The van der Waals surface area contributed by atoms with Crippen molar-refractivity contribution in [2.45, 2.75) is 71.0 Å². The highest BCUT2D eigenvalue weighted by Crippen LogP contribution is 2.35. The Morgan fingerprint density at radius 2 is 1.81 bits per heavy atom. The summed E-state index contributed by atoms with van der Waals surface area (Å²) in [5.74, 6) is -0.315. The van der Waals surface area contributed by atoms with E-state index in [9.17, 15) is 14.0 Å². The lowest BCUT2D eigenvalue weighted by atomic mass is 9.81. The van der Waals surface area contributed by atoms with Gasteiger partial charge in [0.1, 0.15) is 5.82 Å². The third-order valence-electron chi connectivity index (χ3n) is 5.30. The van der Waals surface area contributed by atoms with Gasteiger partial charge in [-0.3, -0.25) is 4.79 Å². The van der Waals surface area contributed by atoms with Crippen LogP contribution < -0.4 is 10.6 Å². The van der Waals surface area contributed by atoms with Crippen molar-refractivity contribution in [1.29, 1.82) is 0 Å². The van der Waals surface area contributed by atoms with Gasteiger partial charge in [0.2, 0.25) is 5.91 Å². The van der Waals surface area contributed by atoms with Crippen LogP contribution in [-0.4, -0.2) is 35.0 Å². The number of carbonyl (C=O) groups is 2.